The Hall–Kier alpha value is -3.03. The average Bonchev–Trinajstić information content (AvgIpc) is 3.01. The summed E-state index contributed by atoms with van der Waals surface area (Å²) < 4.78 is 15.6. The summed E-state index contributed by atoms with van der Waals surface area (Å²) in [4.78, 5) is 13.8. The molecular weight excluding hydrogens is 284 g/mol. The lowest BCUT2D eigenvalue weighted by Crippen LogP contribution is -1.98. The van der Waals surface area contributed by atoms with Crippen LogP contribution in [0.5, 0.6) is 11.5 Å². The van der Waals surface area contributed by atoms with Crippen LogP contribution in [0.1, 0.15) is 18.6 Å². The molecule has 6 nitrogen and oxygen atoms in total. The molecule has 0 fully saturated rings. The van der Waals surface area contributed by atoms with Crippen LogP contribution >= 0.6 is 0 Å². The maximum atomic E-state index is 10.3. The molecule has 0 aliphatic heterocycles. The van der Waals surface area contributed by atoms with E-state index in [-0.39, 0.29) is 5.75 Å². The van der Waals surface area contributed by atoms with Crippen molar-refractivity contribution in [3.63, 3.8) is 0 Å². The molecule has 0 bridgehead atoms. The summed E-state index contributed by atoms with van der Waals surface area (Å²) in [7, 11) is 0. The van der Waals surface area contributed by atoms with E-state index in [9.17, 15) is 4.79 Å². The fourth-order valence-electron chi connectivity index (χ4n) is 1.92. The maximum Gasteiger partial charge on any atom is 0.292 e. The number of hydrogen-bond acceptors (Lipinski definition) is 6. The quantitative estimate of drug-likeness (QED) is 0.322. The number of carbonyl (C=O) groups excluding carboxylic acids is 1. The first-order valence-electron chi connectivity index (χ1n) is 6.76. The monoisotopic (exact) mass is 298 g/mol. The third-order valence-corrected chi connectivity index (χ3v) is 2.87. The van der Waals surface area contributed by atoms with Gasteiger partial charge in [0, 0.05) is 24.6 Å². The van der Waals surface area contributed by atoms with Gasteiger partial charge in [-0.05, 0) is 25.0 Å². The number of ether oxygens (including phenoxy) is 2. The Morgan fingerprint density at radius 2 is 2.09 bits per heavy atom. The first kappa shape index (κ1) is 15.4. The molecule has 0 amide bonds. The predicted octanol–water partition coefficient (Wildman–Crippen LogP) is 3.51. The zero-order valence-corrected chi connectivity index (χ0v) is 11.8. The van der Waals surface area contributed by atoms with Gasteiger partial charge >= 0.3 is 0 Å². The largest absolute Gasteiger partial charge is 0.493 e. The SMILES string of the molecule is N#COc1cc(N=C=O)cc(OCCCCc2ccco2)c1. The lowest BCUT2D eigenvalue weighted by molar-refractivity contribution is 0.304. The molecule has 2 aromatic rings. The van der Waals surface area contributed by atoms with Crippen LogP contribution in [0.4, 0.5) is 5.69 Å². The third kappa shape index (κ3) is 4.82. The van der Waals surface area contributed by atoms with Gasteiger partial charge in [-0.1, -0.05) is 0 Å². The molecule has 0 spiro atoms. The molecule has 0 saturated carbocycles. The molecule has 6 heteroatoms. The van der Waals surface area contributed by atoms with Crippen molar-refractivity contribution < 1.29 is 18.7 Å². The molecule has 0 N–H and O–H groups in total. The summed E-state index contributed by atoms with van der Waals surface area (Å²) in [5, 5.41) is 8.54. The standard InChI is InChI=1S/C16H14N2O4/c17-11-22-16-9-13(18-12-19)8-15(10-16)21-6-2-1-4-14-5-3-7-20-14/h3,5,7-10H,1-2,4,6H2. The number of unbranched alkanes of at least 4 members (excludes halogenated alkanes) is 1. The van der Waals surface area contributed by atoms with Crippen molar-refractivity contribution in [2.75, 3.05) is 6.61 Å². The number of hydrogen-bond donors (Lipinski definition) is 0. The number of benzene rings is 1. The Bertz CT molecular complexity index is 683. The molecular formula is C16H14N2O4. The van der Waals surface area contributed by atoms with Gasteiger partial charge in [0.2, 0.25) is 6.08 Å². The van der Waals surface area contributed by atoms with Gasteiger partial charge in [0.1, 0.15) is 17.3 Å². The maximum absolute atomic E-state index is 10.3. The van der Waals surface area contributed by atoms with Gasteiger partial charge in [-0.2, -0.15) is 4.99 Å². The number of furan rings is 1. The molecule has 0 aliphatic rings. The van der Waals surface area contributed by atoms with Crippen LogP contribution in [0.3, 0.4) is 0 Å². The van der Waals surface area contributed by atoms with E-state index in [0.717, 1.165) is 25.0 Å². The highest BCUT2D eigenvalue weighted by Crippen LogP contribution is 2.28. The highest BCUT2D eigenvalue weighted by atomic mass is 16.5. The van der Waals surface area contributed by atoms with Gasteiger partial charge in [-0.25, -0.2) is 4.79 Å². The Kier molecular flexibility index (Phi) is 5.80. The van der Waals surface area contributed by atoms with Crippen molar-refractivity contribution in [3.05, 3.63) is 42.4 Å². The zero-order chi connectivity index (χ0) is 15.6. The first-order valence-corrected chi connectivity index (χ1v) is 6.76. The number of aryl methyl sites for hydroxylation is 1. The van der Waals surface area contributed by atoms with Crippen molar-refractivity contribution in [2.45, 2.75) is 19.3 Å². The molecule has 0 atom stereocenters. The van der Waals surface area contributed by atoms with Crippen molar-refractivity contribution in [1.29, 1.82) is 5.26 Å². The molecule has 0 aliphatic carbocycles. The smallest absolute Gasteiger partial charge is 0.292 e. The summed E-state index contributed by atoms with van der Waals surface area (Å²) in [6.07, 6.45) is 7.30. The van der Waals surface area contributed by atoms with E-state index >= 15 is 0 Å². The van der Waals surface area contributed by atoms with Crippen molar-refractivity contribution >= 4 is 11.8 Å². The minimum atomic E-state index is 0.268. The van der Waals surface area contributed by atoms with E-state index in [1.54, 1.807) is 24.7 Å². The van der Waals surface area contributed by atoms with Gasteiger partial charge < -0.3 is 13.9 Å². The molecule has 22 heavy (non-hydrogen) atoms. The zero-order valence-electron chi connectivity index (χ0n) is 11.8. The van der Waals surface area contributed by atoms with E-state index < -0.39 is 0 Å². The van der Waals surface area contributed by atoms with Gasteiger partial charge in [0.15, 0.2) is 0 Å². The van der Waals surface area contributed by atoms with E-state index in [1.807, 2.05) is 12.1 Å². The highest BCUT2D eigenvalue weighted by Gasteiger charge is 2.04. The summed E-state index contributed by atoms with van der Waals surface area (Å²) >= 11 is 0. The molecule has 1 heterocycles. The van der Waals surface area contributed by atoms with Crippen molar-refractivity contribution in [3.8, 4) is 17.8 Å². The van der Waals surface area contributed by atoms with Crippen LogP contribution in [0.25, 0.3) is 0 Å². The molecule has 1 aromatic heterocycles. The van der Waals surface area contributed by atoms with E-state index in [1.165, 1.54) is 12.1 Å². The van der Waals surface area contributed by atoms with Gasteiger partial charge in [0.25, 0.3) is 6.26 Å². The minimum Gasteiger partial charge on any atom is -0.493 e. The van der Waals surface area contributed by atoms with Crippen LogP contribution in [0.15, 0.2) is 46.0 Å². The Morgan fingerprint density at radius 1 is 1.23 bits per heavy atom. The molecule has 112 valence electrons. The van der Waals surface area contributed by atoms with Crippen LogP contribution in [0, 0.1) is 11.5 Å². The number of nitrogens with zero attached hydrogens (tertiary/aromatic N) is 2. The van der Waals surface area contributed by atoms with Crippen molar-refractivity contribution in [2.24, 2.45) is 4.99 Å². The van der Waals surface area contributed by atoms with Crippen LogP contribution in [-0.2, 0) is 11.2 Å². The van der Waals surface area contributed by atoms with Crippen molar-refractivity contribution in [1.82, 2.24) is 0 Å². The molecule has 0 radical (unpaired) electrons. The fourth-order valence-corrected chi connectivity index (χ4v) is 1.92. The first-order chi connectivity index (χ1) is 10.8. The lowest BCUT2D eigenvalue weighted by atomic mass is 10.2. The Balaban J connectivity index is 1.85. The third-order valence-electron chi connectivity index (χ3n) is 2.87. The second-order valence-corrected chi connectivity index (χ2v) is 4.44. The summed E-state index contributed by atoms with van der Waals surface area (Å²) in [5.41, 5.74) is 0.327. The molecule has 0 saturated heterocycles. The minimum absolute atomic E-state index is 0.268. The van der Waals surface area contributed by atoms with Gasteiger partial charge in [0.05, 0.1) is 18.6 Å². The normalized spacial score (nSPS) is 9.59. The summed E-state index contributed by atoms with van der Waals surface area (Å²) in [5.74, 6) is 1.70. The summed E-state index contributed by atoms with van der Waals surface area (Å²) in [6, 6.07) is 8.41. The van der Waals surface area contributed by atoms with E-state index in [2.05, 4.69) is 4.99 Å². The molecule has 0 unspecified atom stereocenters. The topological polar surface area (TPSA) is 84.8 Å². The van der Waals surface area contributed by atoms with Gasteiger partial charge in [-0.15, -0.1) is 5.26 Å². The summed E-state index contributed by atoms with van der Waals surface area (Å²) in [6.45, 7) is 0.501. The highest BCUT2D eigenvalue weighted by molar-refractivity contribution is 5.55. The number of nitriles is 1. The number of aliphatic imine (C=N–C) groups is 1. The van der Waals surface area contributed by atoms with Crippen LogP contribution in [-0.4, -0.2) is 12.7 Å². The van der Waals surface area contributed by atoms with Crippen LogP contribution in [0.2, 0.25) is 0 Å². The van der Waals surface area contributed by atoms with Gasteiger partial charge in [-0.3, -0.25) is 0 Å². The molecule has 2 rings (SSSR count). The Morgan fingerprint density at radius 3 is 2.82 bits per heavy atom. The number of isocyanates is 1. The lowest BCUT2D eigenvalue weighted by Gasteiger charge is -2.07. The van der Waals surface area contributed by atoms with E-state index in [4.69, 9.17) is 19.2 Å². The predicted molar refractivity (Wildman–Crippen MR) is 77.6 cm³/mol. The van der Waals surface area contributed by atoms with Crippen LogP contribution < -0.4 is 9.47 Å². The Labute approximate surface area is 127 Å². The number of rotatable bonds is 8. The second-order valence-electron chi connectivity index (χ2n) is 4.44. The second kappa shape index (κ2) is 8.30. The van der Waals surface area contributed by atoms with E-state index in [0.29, 0.717) is 18.0 Å². The molecule has 1 aromatic carbocycles. The fraction of sp³-hybridized carbons (Fsp3) is 0.250. The average molecular weight is 298 g/mol.